The highest BCUT2D eigenvalue weighted by atomic mass is 16.2. The van der Waals surface area contributed by atoms with E-state index in [1.165, 1.54) is 5.56 Å². The summed E-state index contributed by atoms with van der Waals surface area (Å²) in [6.07, 6.45) is 2.49. The molecular weight excluding hydrogens is 388 g/mol. The Morgan fingerprint density at radius 2 is 1.45 bits per heavy atom. The van der Waals surface area contributed by atoms with Crippen LogP contribution < -0.4 is 9.80 Å². The fraction of sp³-hybridized carbons (Fsp3) is 0.542. The lowest BCUT2D eigenvalue weighted by Crippen LogP contribution is -2.49. The van der Waals surface area contributed by atoms with Gasteiger partial charge < -0.3 is 19.6 Å². The summed E-state index contributed by atoms with van der Waals surface area (Å²) in [7, 11) is 2.16. The van der Waals surface area contributed by atoms with Crippen molar-refractivity contribution in [2.24, 2.45) is 0 Å². The Labute approximate surface area is 185 Å². The minimum Gasteiger partial charge on any atom is -0.354 e. The third-order valence-corrected chi connectivity index (χ3v) is 6.29. The van der Waals surface area contributed by atoms with Gasteiger partial charge in [0.05, 0.1) is 0 Å². The number of carbonyl (C=O) groups excluding carboxylic acids is 1. The number of rotatable bonds is 6. The van der Waals surface area contributed by atoms with Gasteiger partial charge in [0, 0.05) is 64.8 Å². The van der Waals surface area contributed by atoms with Crippen molar-refractivity contribution in [3.63, 3.8) is 0 Å². The molecule has 7 heteroatoms. The molecule has 0 saturated carbocycles. The zero-order chi connectivity index (χ0) is 21.6. The third kappa shape index (κ3) is 5.73. The second-order valence-corrected chi connectivity index (χ2v) is 8.63. The standard InChI is InChI=1S/C24H34N6O/c1-20-25-22(28-13-11-27(2)12-14-28)19-23(26-20)29-15-17-30(18-16-29)24(31)10-6-9-21-7-4-3-5-8-21/h3-5,7-8,19H,6,9-18H2,1-2H3. The first-order valence-corrected chi connectivity index (χ1v) is 11.4. The van der Waals surface area contributed by atoms with E-state index in [1.54, 1.807) is 0 Å². The van der Waals surface area contributed by atoms with Crippen LogP contribution in [0.4, 0.5) is 11.6 Å². The fourth-order valence-corrected chi connectivity index (χ4v) is 4.33. The van der Waals surface area contributed by atoms with E-state index < -0.39 is 0 Å². The van der Waals surface area contributed by atoms with Gasteiger partial charge in [-0.2, -0.15) is 0 Å². The van der Waals surface area contributed by atoms with Crippen molar-refractivity contribution >= 4 is 17.5 Å². The monoisotopic (exact) mass is 422 g/mol. The molecule has 0 aliphatic carbocycles. The first kappa shape index (κ1) is 21.6. The SMILES string of the molecule is Cc1nc(N2CCN(C)CC2)cc(N2CCN(C(=O)CCCc3ccccc3)CC2)n1. The lowest BCUT2D eigenvalue weighted by atomic mass is 10.1. The summed E-state index contributed by atoms with van der Waals surface area (Å²) < 4.78 is 0. The van der Waals surface area contributed by atoms with Crippen LogP contribution in [0.5, 0.6) is 0 Å². The molecule has 2 aromatic rings. The topological polar surface area (TPSA) is 55.8 Å². The number of hydrogen-bond acceptors (Lipinski definition) is 6. The van der Waals surface area contributed by atoms with Crippen molar-refractivity contribution in [3.8, 4) is 0 Å². The predicted molar refractivity (Wildman–Crippen MR) is 125 cm³/mol. The molecule has 7 nitrogen and oxygen atoms in total. The number of likely N-dealkylation sites (N-methyl/N-ethyl adjacent to an activating group) is 1. The number of benzene rings is 1. The van der Waals surface area contributed by atoms with Gasteiger partial charge in [0.15, 0.2) is 0 Å². The van der Waals surface area contributed by atoms with E-state index in [-0.39, 0.29) is 5.91 Å². The first-order chi connectivity index (χ1) is 15.1. The van der Waals surface area contributed by atoms with Crippen molar-refractivity contribution in [3.05, 3.63) is 47.8 Å². The molecule has 0 unspecified atom stereocenters. The Morgan fingerprint density at radius 3 is 2.06 bits per heavy atom. The lowest BCUT2D eigenvalue weighted by Gasteiger charge is -2.37. The molecule has 3 heterocycles. The molecule has 1 aromatic carbocycles. The second-order valence-electron chi connectivity index (χ2n) is 8.63. The first-order valence-electron chi connectivity index (χ1n) is 11.4. The van der Waals surface area contributed by atoms with Gasteiger partial charge in [-0.15, -0.1) is 0 Å². The number of piperazine rings is 2. The van der Waals surface area contributed by atoms with Gasteiger partial charge in [-0.1, -0.05) is 30.3 Å². The molecule has 0 N–H and O–H groups in total. The molecule has 31 heavy (non-hydrogen) atoms. The summed E-state index contributed by atoms with van der Waals surface area (Å²) in [4.78, 5) is 31.0. The molecule has 2 fully saturated rings. The van der Waals surface area contributed by atoms with Crippen LogP contribution in [0, 0.1) is 6.92 Å². The number of anilines is 2. The highest BCUT2D eigenvalue weighted by Gasteiger charge is 2.23. The van der Waals surface area contributed by atoms with Crippen LogP contribution in [0.15, 0.2) is 36.4 Å². The number of nitrogens with zero attached hydrogens (tertiary/aromatic N) is 6. The van der Waals surface area contributed by atoms with Crippen LogP contribution in [-0.4, -0.2) is 85.1 Å². The van der Waals surface area contributed by atoms with Crippen LogP contribution in [-0.2, 0) is 11.2 Å². The maximum absolute atomic E-state index is 12.6. The maximum Gasteiger partial charge on any atom is 0.222 e. The number of aromatic nitrogens is 2. The van der Waals surface area contributed by atoms with Crippen molar-refractivity contribution in [2.75, 3.05) is 69.2 Å². The Bertz CT molecular complexity index is 858. The van der Waals surface area contributed by atoms with Gasteiger partial charge >= 0.3 is 0 Å². The highest BCUT2D eigenvalue weighted by molar-refractivity contribution is 5.76. The van der Waals surface area contributed by atoms with Crippen molar-refractivity contribution in [1.82, 2.24) is 19.8 Å². The normalized spacial score (nSPS) is 17.8. The molecule has 2 saturated heterocycles. The summed E-state index contributed by atoms with van der Waals surface area (Å²) in [5.74, 6) is 3.09. The van der Waals surface area contributed by atoms with E-state index in [1.807, 2.05) is 17.9 Å². The van der Waals surface area contributed by atoms with Gasteiger partial charge in [0.2, 0.25) is 5.91 Å². The van der Waals surface area contributed by atoms with Crippen LogP contribution in [0.1, 0.15) is 24.2 Å². The van der Waals surface area contributed by atoms with E-state index in [2.05, 4.69) is 57.1 Å². The fourth-order valence-electron chi connectivity index (χ4n) is 4.33. The van der Waals surface area contributed by atoms with E-state index in [4.69, 9.17) is 4.98 Å². The molecule has 1 amide bonds. The maximum atomic E-state index is 12.6. The Morgan fingerprint density at radius 1 is 0.871 bits per heavy atom. The smallest absolute Gasteiger partial charge is 0.222 e. The van der Waals surface area contributed by atoms with Gasteiger partial charge in [-0.05, 0) is 32.4 Å². The number of amides is 1. The average Bonchev–Trinajstić information content (AvgIpc) is 2.80. The van der Waals surface area contributed by atoms with E-state index in [9.17, 15) is 4.79 Å². The van der Waals surface area contributed by atoms with Gasteiger partial charge in [-0.25, -0.2) is 9.97 Å². The Hall–Kier alpha value is -2.67. The van der Waals surface area contributed by atoms with Crippen LogP contribution in [0.3, 0.4) is 0 Å². The molecule has 0 spiro atoms. The van der Waals surface area contributed by atoms with Crippen LogP contribution in [0.2, 0.25) is 0 Å². The summed E-state index contributed by atoms with van der Waals surface area (Å²) in [6.45, 7) is 9.25. The molecule has 2 aliphatic rings. The zero-order valence-corrected chi connectivity index (χ0v) is 18.8. The van der Waals surface area contributed by atoms with Gasteiger partial charge in [0.25, 0.3) is 0 Å². The summed E-state index contributed by atoms with van der Waals surface area (Å²) in [5, 5.41) is 0. The zero-order valence-electron chi connectivity index (χ0n) is 18.8. The second kappa shape index (κ2) is 10.1. The van der Waals surface area contributed by atoms with Crippen molar-refractivity contribution in [2.45, 2.75) is 26.2 Å². The molecule has 2 aliphatic heterocycles. The van der Waals surface area contributed by atoms with Crippen LogP contribution >= 0.6 is 0 Å². The summed E-state index contributed by atoms with van der Waals surface area (Å²) >= 11 is 0. The molecule has 166 valence electrons. The largest absolute Gasteiger partial charge is 0.354 e. The Balaban J connectivity index is 1.28. The van der Waals surface area contributed by atoms with Crippen LogP contribution in [0.25, 0.3) is 0 Å². The highest BCUT2D eigenvalue weighted by Crippen LogP contribution is 2.22. The molecule has 4 rings (SSSR count). The molecule has 0 radical (unpaired) electrons. The number of carbonyl (C=O) groups is 1. The summed E-state index contributed by atoms with van der Waals surface area (Å²) in [6, 6.07) is 12.5. The minimum atomic E-state index is 0.271. The molecule has 0 atom stereocenters. The molecular formula is C24H34N6O. The van der Waals surface area contributed by atoms with Crippen molar-refractivity contribution in [1.29, 1.82) is 0 Å². The van der Waals surface area contributed by atoms with E-state index >= 15 is 0 Å². The quantitative estimate of drug-likeness (QED) is 0.712. The van der Waals surface area contributed by atoms with Gasteiger partial charge in [-0.3, -0.25) is 4.79 Å². The minimum absolute atomic E-state index is 0.271. The predicted octanol–water partition coefficient (Wildman–Crippen LogP) is 2.21. The Kier molecular flexibility index (Phi) is 7.02. The average molecular weight is 423 g/mol. The van der Waals surface area contributed by atoms with Crippen molar-refractivity contribution < 1.29 is 4.79 Å². The van der Waals surface area contributed by atoms with E-state index in [0.29, 0.717) is 6.42 Å². The number of aryl methyl sites for hydroxylation is 2. The molecule has 1 aromatic heterocycles. The lowest BCUT2D eigenvalue weighted by molar-refractivity contribution is -0.131. The van der Waals surface area contributed by atoms with E-state index in [0.717, 1.165) is 82.7 Å². The van der Waals surface area contributed by atoms with Gasteiger partial charge in [0.1, 0.15) is 17.5 Å². The number of hydrogen-bond donors (Lipinski definition) is 0. The molecule has 0 bridgehead atoms. The summed E-state index contributed by atoms with van der Waals surface area (Å²) in [5.41, 5.74) is 1.30. The third-order valence-electron chi connectivity index (χ3n) is 6.29.